The largest absolute Gasteiger partial charge is 0.474 e. The number of ether oxygens (including phenoxy) is 3. The minimum absolute atomic E-state index is 0.0420. The number of nitrogens with zero attached hydrogens (tertiary/aromatic N) is 6. The number of hydrogen-bond donors (Lipinski definition) is 2. The molecule has 1 saturated carbocycles. The lowest BCUT2D eigenvalue weighted by molar-refractivity contribution is 0.0394. The van der Waals surface area contributed by atoms with Crippen LogP contribution >= 0.6 is 0 Å². The van der Waals surface area contributed by atoms with Crippen molar-refractivity contribution in [3.05, 3.63) is 18.5 Å². The quantitative estimate of drug-likeness (QED) is 0.570. The summed E-state index contributed by atoms with van der Waals surface area (Å²) in [5, 5.41) is 2.93. The Labute approximate surface area is 198 Å². The zero-order valence-corrected chi connectivity index (χ0v) is 19.8. The number of urea groups is 1. The van der Waals surface area contributed by atoms with E-state index in [-0.39, 0.29) is 30.2 Å². The Balaban J connectivity index is 1.43. The standard InChI is InChI=1S/C22H32N8O4/c1-14(13-32-3)26-22(31)29(2)16-8-17(9-16)34-19-10-18(15-11-24-20(23)25-12-15)27-21(28-19)30-4-6-33-7-5-30/h10-12,14,16-17H,4-9,13H2,1-3H3,(H,26,31)(H2,23,24,25)/t14-,16?,17?/m1/s1. The number of morpholine rings is 1. The van der Waals surface area contributed by atoms with E-state index in [0.29, 0.717) is 50.4 Å². The SMILES string of the molecule is COC[C@@H](C)NC(=O)N(C)C1CC(Oc2cc(-c3cnc(N)nc3)nc(N3CCOCC3)n2)C1. The topological polar surface area (TPSA) is 141 Å². The van der Waals surface area contributed by atoms with E-state index in [4.69, 9.17) is 24.9 Å². The Morgan fingerprint density at radius 3 is 2.68 bits per heavy atom. The summed E-state index contributed by atoms with van der Waals surface area (Å²) in [7, 11) is 3.42. The molecule has 1 saturated heterocycles. The van der Waals surface area contributed by atoms with Crippen LogP contribution in [-0.4, -0.2) is 96.1 Å². The van der Waals surface area contributed by atoms with E-state index in [0.717, 1.165) is 18.4 Å². The number of methoxy groups -OCH3 is 1. The third-order valence-corrected chi connectivity index (χ3v) is 5.96. The van der Waals surface area contributed by atoms with Gasteiger partial charge >= 0.3 is 6.03 Å². The van der Waals surface area contributed by atoms with E-state index in [1.165, 1.54) is 0 Å². The normalized spacial score (nSPS) is 20.9. The second-order valence-electron chi connectivity index (χ2n) is 8.60. The van der Waals surface area contributed by atoms with E-state index in [2.05, 4.69) is 25.2 Å². The van der Waals surface area contributed by atoms with Crippen molar-refractivity contribution in [3.63, 3.8) is 0 Å². The number of nitrogen functional groups attached to an aromatic ring is 1. The molecule has 0 spiro atoms. The molecule has 2 aromatic rings. The van der Waals surface area contributed by atoms with E-state index in [9.17, 15) is 4.79 Å². The summed E-state index contributed by atoms with van der Waals surface area (Å²) in [6, 6.07) is 1.72. The van der Waals surface area contributed by atoms with Gasteiger partial charge in [-0.3, -0.25) is 0 Å². The van der Waals surface area contributed by atoms with Gasteiger partial charge in [-0.25, -0.2) is 19.7 Å². The van der Waals surface area contributed by atoms with Gasteiger partial charge in [0.1, 0.15) is 6.10 Å². The molecule has 12 heteroatoms. The van der Waals surface area contributed by atoms with Gasteiger partial charge in [0.25, 0.3) is 0 Å². The zero-order chi connectivity index (χ0) is 24.1. The Hall–Kier alpha value is -3.25. The lowest BCUT2D eigenvalue weighted by atomic mass is 9.88. The lowest BCUT2D eigenvalue weighted by Crippen LogP contribution is -2.54. The summed E-state index contributed by atoms with van der Waals surface area (Å²) in [4.78, 5) is 33.7. The summed E-state index contributed by atoms with van der Waals surface area (Å²) < 4.78 is 16.7. The van der Waals surface area contributed by atoms with Crippen molar-refractivity contribution in [1.29, 1.82) is 0 Å². The van der Waals surface area contributed by atoms with Crippen molar-refractivity contribution >= 4 is 17.9 Å². The first-order valence-corrected chi connectivity index (χ1v) is 11.4. The summed E-state index contributed by atoms with van der Waals surface area (Å²) in [6.45, 7) is 5.03. The molecular weight excluding hydrogens is 440 g/mol. The summed E-state index contributed by atoms with van der Waals surface area (Å²) in [6.07, 6.45) is 4.67. The third kappa shape index (κ3) is 5.81. The summed E-state index contributed by atoms with van der Waals surface area (Å²) in [5.41, 5.74) is 7.02. The Morgan fingerprint density at radius 2 is 2.00 bits per heavy atom. The van der Waals surface area contributed by atoms with Gasteiger partial charge in [0.2, 0.25) is 17.8 Å². The minimum atomic E-state index is -0.115. The molecule has 0 bridgehead atoms. The number of nitrogens with two attached hydrogens (primary N) is 1. The maximum atomic E-state index is 12.4. The van der Waals surface area contributed by atoms with Gasteiger partial charge < -0.3 is 35.1 Å². The fraction of sp³-hybridized carbons (Fsp3) is 0.591. The Morgan fingerprint density at radius 1 is 1.29 bits per heavy atom. The molecule has 12 nitrogen and oxygen atoms in total. The van der Waals surface area contributed by atoms with Gasteiger partial charge in [0.15, 0.2) is 0 Å². The van der Waals surface area contributed by atoms with Gasteiger partial charge in [-0.05, 0) is 6.92 Å². The summed E-state index contributed by atoms with van der Waals surface area (Å²) >= 11 is 0. The van der Waals surface area contributed by atoms with Crippen LogP contribution < -0.4 is 20.7 Å². The molecule has 2 aromatic heterocycles. The highest BCUT2D eigenvalue weighted by Crippen LogP contribution is 2.31. The first kappa shape index (κ1) is 23.9. The molecule has 3 heterocycles. The molecule has 1 aliphatic heterocycles. The molecule has 0 unspecified atom stereocenters. The first-order chi connectivity index (χ1) is 16.4. The van der Waals surface area contributed by atoms with E-state index < -0.39 is 0 Å². The van der Waals surface area contributed by atoms with Crippen molar-refractivity contribution in [3.8, 4) is 17.1 Å². The van der Waals surface area contributed by atoms with Crippen molar-refractivity contribution in [2.45, 2.75) is 38.0 Å². The van der Waals surface area contributed by atoms with Crippen molar-refractivity contribution in [2.75, 3.05) is 57.7 Å². The van der Waals surface area contributed by atoms with Gasteiger partial charge in [0.05, 0.1) is 31.6 Å². The minimum Gasteiger partial charge on any atom is -0.474 e. The second kappa shape index (κ2) is 10.8. The first-order valence-electron chi connectivity index (χ1n) is 11.4. The predicted octanol–water partition coefficient (Wildman–Crippen LogP) is 0.939. The second-order valence-corrected chi connectivity index (χ2v) is 8.60. The fourth-order valence-electron chi connectivity index (χ4n) is 3.89. The third-order valence-electron chi connectivity index (χ3n) is 5.96. The van der Waals surface area contributed by atoms with Crippen LogP contribution in [0.15, 0.2) is 18.5 Å². The molecule has 2 amide bonds. The molecule has 1 atom stereocenters. The molecule has 3 N–H and O–H groups in total. The zero-order valence-electron chi connectivity index (χ0n) is 19.8. The molecule has 184 valence electrons. The monoisotopic (exact) mass is 472 g/mol. The number of carbonyl (C=O) groups excluding carboxylic acids is 1. The predicted molar refractivity (Wildman–Crippen MR) is 126 cm³/mol. The highest BCUT2D eigenvalue weighted by molar-refractivity contribution is 5.74. The Kier molecular flexibility index (Phi) is 7.58. The van der Waals surface area contributed by atoms with Crippen molar-refractivity contribution < 1.29 is 19.0 Å². The maximum absolute atomic E-state index is 12.4. The lowest BCUT2D eigenvalue weighted by Gasteiger charge is -2.41. The number of rotatable bonds is 8. The van der Waals surface area contributed by atoms with E-state index in [1.54, 1.807) is 37.5 Å². The highest BCUT2D eigenvalue weighted by Gasteiger charge is 2.36. The molecule has 34 heavy (non-hydrogen) atoms. The van der Waals surface area contributed by atoms with Gasteiger partial charge in [0, 0.05) is 70.2 Å². The summed E-state index contributed by atoms with van der Waals surface area (Å²) in [5.74, 6) is 1.26. The fourth-order valence-corrected chi connectivity index (χ4v) is 3.89. The molecule has 1 aliphatic carbocycles. The van der Waals surface area contributed by atoms with Crippen LogP contribution in [0, 0.1) is 0 Å². The molecule has 2 fully saturated rings. The van der Waals surface area contributed by atoms with Crippen LogP contribution in [0.25, 0.3) is 11.3 Å². The maximum Gasteiger partial charge on any atom is 0.317 e. The molecule has 0 radical (unpaired) electrons. The van der Waals surface area contributed by atoms with Gasteiger partial charge in [-0.2, -0.15) is 4.98 Å². The van der Waals surface area contributed by atoms with Crippen molar-refractivity contribution in [1.82, 2.24) is 30.2 Å². The number of aromatic nitrogens is 4. The van der Waals surface area contributed by atoms with Gasteiger partial charge in [-0.15, -0.1) is 0 Å². The number of nitrogens with one attached hydrogen (secondary N) is 1. The van der Waals surface area contributed by atoms with Crippen LogP contribution in [0.3, 0.4) is 0 Å². The number of amides is 2. The molecular formula is C22H32N8O4. The number of anilines is 2. The molecule has 4 rings (SSSR count). The van der Waals surface area contributed by atoms with Crippen LogP contribution in [0.4, 0.5) is 16.7 Å². The average Bonchev–Trinajstić information content (AvgIpc) is 2.81. The van der Waals surface area contributed by atoms with Crippen LogP contribution in [0.5, 0.6) is 5.88 Å². The number of hydrogen-bond acceptors (Lipinski definition) is 10. The number of carbonyl (C=O) groups is 1. The highest BCUT2D eigenvalue weighted by atomic mass is 16.5. The van der Waals surface area contributed by atoms with Crippen LogP contribution in [0.1, 0.15) is 19.8 Å². The van der Waals surface area contributed by atoms with Crippen molar-refractivity contribution in [2.24, 2.45) is 0 Å². The average molecular weight is 473 g/mol. The van der Waals surface area contributed by atoms with E-state index >= 15 is 0 Å². The molecule has 0 aromatic carbocycles. The molecule has 2 aliphatic rings. The van der Waals surface area contributed by atoms with Crippen LogP contribution in [0.2, 0.25) is 0 Å². The smallest absolute Gasteiger partial charge is 0.317 e. The Bertz CT molecular complexity index is 964. The van der Waals surface area contributed by atoms with Crippen LogP contribution in [-0.2, 0) is 9.47 Å². The van der Waals surface area contributed by atoms with Gasteiger partial charge in [-0.1, -0.05) is 0 Å². The van der Waals surface area contributed by atoms with E-state index in [1.807, 2.05) is 6.92 Å².